The minimum absolute atomic E-state index is 0.186. The molecule has 1 aliphatic carbocycles. The van der Waals surface area contributed by atoms with E-state index in [1.807, 2.05) is 39.0 Å². The molecule has 0 saturated heterocycles. The number of aryl methyl sites for hydroxylation is 1. The van der Waals surface area contributed by atoms with Crippen LogP contribution in [0.5, 0.6) is 0 Å². The summed E-state index contributed by atoms with van der Waals surface area (Å²) in [4.78, 5) is 24.8. The Kier molecular flexibility index (Phi) is 6.62. The van der Waals surface area contributed by atoms with Crippen molar-refractivity contribution < 1.29 is 9.59 Å². The first-order chi connectivity index (χ1) is 14.3. The van der Waals surface area contributed by atoms with Crippen LogP contribution in [-0.2, 0) is 0 Å². The van der Waals surface area contributed by atoms with Gasteiger partial charge in [0.15, 0.2) is 0 Å². The Labute approximate surface area is 177 Å². The molecule has 0 bridgehead atoms. The number of nitrogens with one attached hydrogen (secondary N) is 2. The van der Waals surface area contributed by atoms with E-state index in [4.69, 9.17) is 0 Å². The largest absolute Gasteiger partial charge is 0.322 e. The quantitative estimate of drug-likeness (QED) is 0.529. The molecule has 3 rings (SSSR count). The van der Waals surface area contributed by atoms with Crippen molar-refractivity contribution in [2.75, 3.05) is 5.32 Å². The lowest BCUT2D eigenvalue weighted by molar-refractivity contribution is 0.0954. The van der Waals surface area contributed by atoms with Crippen LogP contribution < -0.4 is 10.7 Å². The summed E-state index contributed by atoms with van der Waals surface area (Å²) >= 11 is 0. The fraction of sp³-hybridized carbons (Fsp3) is 0.240. The van der Waals surface area contributed by atoms with Crippen LogP contribution in [0.15, 0.2) is 77.4 Å². The second kappa shape index (κ2) is 9.35. The standard InChI is InChI=1S/C25H27N3O2/c1-16(2)20-9-8-18(4)23(15-20)27-28-25(30)19-10-12-22(13-11-19)26-24(29)21-7-5-6-17(3)14-21/h5-8,10-14,20H,1,9,15H2,2-4H3,(H,26,29)(H,28,30)/t20-/m0/s1. The maximum Gasteiger partial charge on any atom is 0.271 e. The summed E-state index contributed by atoms with van der Waals surface area (Å²) < 4.78 is 0. The maximum absolute atomic E-state index is 12.5. The topological polar surface area (TPSA) is 70.6 Å². The van der Waals surface area contributed by atoms with Gasteiger partial charge < -0.3 is 5.32 Å². The van der Waals surface area contributed by atoms with E-state index in [2.05, 4.69) is 28.5 Å². The van der Waals surface area contributed by atoms with Crippen molar-refractivity contribution >= 4 is 23.2 Å². The fourth-order valence-corrected chi connectivity index (χ4v) is 3.30. The van der Waals surface area contributed by atoms with Crippen LogP contribution in [0.25, 0.3) is 0 Å². The molecule has 5 nitrogen and oxygen atoms in total. The number of carbonyl (C=O) groups is 2. The molecule has 2 aromatic rings. The second-order valence-electron chi connectivity index (χ2n) is 7.77. The molecule has 0 spiro atoms. The Bertz CT molecular complexity index is 1030. The molecule has 0 aliphatic heterocycles. The molecule has 0 heterocycles. The van der Waals surface area contributed by atoms with Crippen molar-refractivity contribution in [3.8, 4) is 0 Å². The van der Waals surface area contributed by atoms with Crippen LogP contribution >= 0.6 is 0 Å². The van der Waals surface area contributed by atoms with E-state index in [0.717, 1.165) is 35.3 Å². The van der Waals surface area contributed by atoms with Gasteiger partial charge in [-0.2, -0.15) is 5.10 Å². The summed E-state index contributed by atoms with van der Waals surface area (Å²) in [5.41, 5.74) is 8.45. The van der Waals surface area contributed by atoms with Gasteiger partial charge in [-0.1, -0.05) is 35.9 Å². The van der Waals surface area contributed by atoms with Crippen LogP contribution in [-0.4, -0.2) is 17.5 Å². The number of carbonyl (C=O) groups excluding carboxylic acids is 2. The smallest absolute Gasteiger partial charge is 0.271 e. The predicted octanol–water partition coefficient (Wildman–Crippen LogP) is 5.27. The van der Waals surface area contributed by atoms with E-state index < -0.39 is 0 Å². The van der Waals surface area contributed by atoms with Gasteiger partial charge in [0.2, 0.25) is 0 Å². The van der Waals surface area contributed by atoms with E-state index in [0.29, 0.717) is 22.7 Å². The minimum Gasteiger partial charge on any atom is -0.322 e. The molecule has 0 aromatic heterocycles. The molecule has 30 heavy (non-hydrogen) atoms. The molecule has 2 N–H and O–H groups in total. The van der Waals surface area contributed by atoms with Gasteiger partial charge in [0, 0.05) is 16.8 Å². The van der Waals surface area contributed by atoms with E-state index in [1.54, 1.807) is 30.3 Å². The highest BCUT2D eigenvalue weighted by Crippen LogP contribution is 2.26. The summed E-state index contributed by atoms with van der Waals surface area (Å²) in [6, 6.07) is 14.1. The molecule has 0 fully saturated rings. The number of hydrazone groups is 1. The number of rotatable bonds is 5. The number of hydrogen-bond donors (Lipinski definition) is 2. The van der Waals surface area contributed by atoms with Gasteiger partial charge in [0.1, 0.15) is 0 Å². The summed E-state index contributed by atoms with van der Waals surface area (Å²) in [6.45, 7) is 10.0. The zero-order valence-electron chi connectivity index (χ0n) is 17.7. The first kappa shape index (κ1) is 21.2. The van der Waals surface area contributed by atoms with E-state index >= 15 is 0 Å². The Hall–Kier alpha value is -3.47. The molecule has 1 atom stereocenters. The normalized spacial score (nSPS) is 17.2. The monoisotopic (exact) mass is 401 g/mol. The summed E-state index contributed by atoms with van der Waals surface area (Å²) in [7, 11) is 0. The molecule has 154 valence electrons. The van der Waals surface area contributed by atoms with Crippen LogP contribution in [0.3, 0.4) is 0 Å². The van der Waals surface area contributed by atoms with E-state index in [-0.39, 0.29) is 11.8 Å². The maximum atomic E-state index is 12.5. The third-order valence-corrected chi connectivity index (χ3v) is 5.28. The minimum atomic E-state index is -0.288. The number of anilines is 1. The van der Waals surface area contributed by atoms with Gasteiger partial charge in [-0.15, -0.1) is 0 Å². The zero-order chi connectivity index (χ0) is 21.7. The van der Waals surface area contributed by atoms with Gasteiger partial charge in [-0.3, -0.25) is 9.59 Å². The number of hydrogen-bond acceptors (Lipinski definition) is 3. The molecular weight excluding hydrogens is 374 g/mol. The van der Waals surface area contributed by atoms with Crippen LogP contribution in [0.1, 0.15) is 53.0 Å². The average Bonchev–Trinajstić information content (AvgIpc) is 2.73. The van der Waals surface area contributed by atoms with Gasteiger partial charge in [0.25, 0.3) is 11.8 Å². The fourth-order valence-electron chi connectivity index (χ4n) is 3.30. The molecule has 5 heteroatoms. The van der Waals surface area contributed by atoms with Crippen LogP contribution in [0.2, 0.25) is 0 Å². The molecule has 0 saturated carbocycles. The average molecular weight is 402 g/mol. The number of nitrogens with zero attached hydrogens (tertiary/aromatic N) is 1. The lowest BCUT2D eigenvalue weighted by atomic mass is 9.85. The highest BCUT2D eigenvalue weighted by Gasteiger charge is 2.19. The Balaban J connectivity index is 1.62. The Morgan fingerprint density at radius 1 is 1.03 bits per heavy atom. The first-order valence-electron chi connectivity index (χ1n) is 10.0. The highest BCUT2D eigenvalue weighted by atomic mass is 16.2. The molecule has 2 amide bonds. The van der Waals surface area contributed by atoms with Crippen molar-refractivity contribution in [2.24, 2.45) is 11.0 Å². The highest BCUT2D eigenvalue weighted by molar-refractivity contribution is 6.05. The van der Waals surface area contributed by atoms with Crippen molar-refractivity contribution in [3.05, 3.63) is 89.0 Å². The number of amides is 2. The predicted molar refractivity (Wildman–Crippen MR) is 122 cm³/mol. The van der Waals surface area contributed by atoms with Crippen molar-refractivity contribution in [2.45, 2.75) is 33.6 Å². The summed E-state index contributed by atoms with van der Waals surface area (Å²) in [5, 5.41) is 7.17. The molecule has 0 radical (unpaired) electrons. The van der Waals surface area contributed by atoms with E-state index in [9.17, 15) is 9.59 Å². The summed E-state index contributed by atoms with van der Waals surface area (Å²) in [6.07, 6.45) is 3.88. The Morgan fingerprint density at radius 2 is 1.77 bits per heavy atom. The Morgan fingerprint density at radius 3 is 2.43 bits per heavy atom. The van der Waals surface area contributed by atoms with E-state index in [1.165, 1.54) is 0 Å². The van der Waals surface area contributed by atoms with Crippen LogP contribution in [0.4, 0.5) is 5.69 Å². The molecule has 1 aliphatic rings. The number of benzene rings is 2. The van der Waals surface area contributed by atoms with Gasteiger partial charge in [-0.05, 0) is 81.5 Å². The van der Waals surface area contributed by atoms with Crippen molar-refractivity contribution in [3.63, 3.8) is 0 Å². The second-order valence-corrected chi connectivity index (χ2v) is 7.77. The SMILES string of the molecule is C=C(C)[C@H]1CC=C(C)C(=NNC(=O)c2ccc(NC(=O)c3cccc(C)c3)cc2)C1. The third kappa shape index (κ3) is 5.32. The lowest BCUT2D eigenvalue weighted by Crippen LogP contribution is -2.23. The first-order valence-corrected chi connectivity index (χ1v) is 10.0. The van der Waals surface area contributed by atoms with Gasteiger partial charge >= 0.3 is 0 Å². The lowest BCUT2D eigenvalue weighted by Gasteiger charge is -2.22. The molecule has 0 unspecified atom stereocenters. The van der Waals surface area contributed by atoms with Crippen molar-refractivity contribution in [1.29, 1.82) is 0 Å². The van der Waals surface area contributed by atoms with Gasteiger partial charge in [-0.25, -0.2) is 5.43 Å². The summed E-state index contributed by atoms with van der Waals surface area (Å²) in [5.74, 6) is -0.112. The zero-order valence-corrected chi connectivity index (χ0v) is 17.7. The molecule has 2 aromatic carbocycles. The van der Waals surface area contributed by atoms with Crippen LogP contribution in [0, 0.1) is 12.8 Å². The van der Waals surface area contributed by atoms with Crippen molar-refractivity contribution in [1.82, 2.24) is 5.43 Å². The third-order valence-electron chi connectivity index (χ3n) is 5.28. The molecular formula is C25H27N3O2. The number of allylic oxidation sites excluding steroid dienone is 3. The van der Waals surface area contributed by atoms with Gasteiger partial charge in [0.05, 0.1) is 5.71 Å².